The van der Waals surface area contributed by atoms with E-state index in [1.54, 1.807) is 17.0 Å². The Kier molecular flexibility index (Phi) is 5.96. The van der Waals surface area contributed by atoms with E-state index in [1.165, 1.54) is 7.11 Å². The maximum absolute atomic E-state index is 12.6. The van der Waals surface area contributed by atoms with E-state index in [1.807, 2.05) is 46.8 Å². The van der Waals surface area contributed by atoms with E-state index >= 15 is 0 Å². The molecule has 1 aliphatic rings. The summed E-state index contributed by atoms with van der Waals surface area (Å²) in [6, 6.07) is 7.26. The molecule has 1 aliphatic heterocycles. The number of benzene rings is 1. The lowest BCUT2D eigenvalue weighted by molar-refractivity contribution is -0.0626. The lowest BCUT2D eigenvalue weighted by Crippen LogP contribution is -2.49. The zero-order valence-corrected chi connectivity index (χ0v) is 16.5. The fourth-order valence-electron chi connectivity index (χ4n) is 3.03. The summed E-state index contributed by atoms with van der Waals surface area (Å²) >= 11 is 0. The number of esters is 1. The Morgan fingerprint density at radius 3 is 2.38 bits per heavy atom. The van der Waals surface area contributed by atoms with Gasteiger partial charge in [0.05, 0.1) is 25.3 Å². The van der Waals surface area contributed by atoms with E-state index in [-0.39, 0.29) is 18.1 Å². The molecule has 144 valence electrons. The highest BCUT2D eigenvalue weighted by molar-refractivity contribution is 5.89. The van der Waals surface area contributed by atoms with E-state index in [0.717, 1.165) is 18.4 Å². The van der Waals surface area contributed by atoms with E-state index in [9.17, 15) is 9.59 Å². The van der Waals surface area contributed by atoms with E-state index < -0.39 is 11.3 Å². The Morgan fingerprint density at radius 1 is 1.23 bits per heavy atom. The SMILES string of the molecule is COC(=O)c1ccc(CC[C@H]2COC(C)(C)N2C(=O)OC(C)(C)C)cc1. The molecule has 0 unspecified atom stereocenters. The van der Waals surface area contributed by atoms with Crippen LogP contribution in [0.3, 0.4) is 0 Å². The molecule has 0 saturated carbocycles. The minimum Gasteiger partial charge on any atom is -0.465 e. The van der Waals surface area contributed by atoms with Crippen LogP contribution in [-0.4, -0.2) is 48.0 Å². The van der Waals surface area contributed by atoms with Crippen molar-refractivity contribution in [1.29, 1.82) is 0 Å². The van der Waals surface area contributed by atoms with Crippen molar-refractivity contribution in [3.05, 3.63) is 35.4 Å². The summed E-state index contributed by atoms with van der Waals surface area (Å²) in [6.45, 7) is 9.79. The molecule has 6 heteroatoms. The van der Waals surface area contributed by atoms with Gasteiger partial charge in [-0.1, -0.05) is 12.1 Å². The summed E-state index contributed by atoms with van der Waals surface area (Å²) < 4.78 is 16.1. The second-order valence-electron chi connectivity index (χ2n) is 7.99. The van der Waals surface area contributed by atoms with Gasteiger partial charge in [0.25, 0.3) is 0 Å². The van der Waals surface area contributed by atoms with Crippen LogP contribution in [0.5, 0.6) is 0 Å². The van der Waals surface area contributed by atoms with Crippen LogP contribution in [0.4, 0.5) is 4.79 Å². The van der Waals surface area contributed by atoms with Crippen molar-refractivity contribution in [2.75, 3.05) is 13.7 Å². The van der Waals surface area contributed by atoms with Crippen LogP contribution in [-0.2, 0) is 20.6 Å². The maximum Gasteiger partial charge on any atom is 0.412 e. The van der Waals surface area contributed by atoms with Gasteiger partial charge in [0.15, 0.2) is 0 Å². The van der Waals surface area contributed by atoms with Gasteiger partial charge >= 0.3 is 12.1 Å². The molecule has 1 heterocycles. The van der Waals surface area contributed by atoms with Gasteiger partial charge in [-0.3, -0.25) is 4.90 Å². The molecule has 0 aliphatic carbocycles. The summed E-state index contributed by atoms with van der Waals surface area (Å²) in [4.78, 5) is 25.8. The van der Waals surface area contributed by atoms with Crippen LogP contribution in [0.15, 0.2) is 24.3 Å². The third-order valence-electron chi connectivity index (χ3n) is 4.31. The standard InChI is InChI=1S/C20H29NO5/c1-19(2,3)26-18(23)21-16(13-25-20(21,4)5)12-9-14-7-10-15(11-8-14)17(22)24-6/h7-8,10-11,16H,9,12-13H2,1-6H3/t16-/m0/s1. The van der Waals surface area contributed by atoms with E-state index in [0.29, 0.717) is 12.2 Å². The highest BCUT2D eigenvalue weighted by atomic mass is 16.6. The second kappa shape index (κ2) is 7.66. The Morgan fingerprint density at radius 2 is 1.85 bits per heavy atom. The normalized spacial score (nSPS) is 19.3. The number of rotatable bonds is 4. The largest absolute Gasteiger partial charge is 0.465 e. The van der Waals surface area contributed by atoms with Gasteiger partial charge in [0.2, 0.25) is 0 Å². The molecule has 1 fully saturated rings. The Hall–Kier alpha value is -2.08. The minimum atomic E-state index is -0.693. The van der Waals surface area contributed by atoms with E-state index in [4.69, 9.17) is 14.2 Å². The van der Waals surface area contributed by atoms with Crippen LogP contribution < -0.4 is 0 Å². The number of aryl methyl sites for hydroxylation is 1. The highest BCUT2D eigenvalue weighted by Crippen LogP contribution is 2.31. The molecular formula is C20H29NO5. The molecule has 0 spiro atoms. The fourth-order valence-corrected chi connectivity index (χ4v) is 3.03. The molecule has 0 radical (unpaired) electrons. The summed E-state index contributed by atoms with van der Waals surface area (Å²) in [5.74, 6) is -0.349. The second-order valence-corrected chi connectivity index (χ2v) is 7.99. The number of methoxy groups -OCH3 is 1. The van der Waals surface area contributed by atoms with Crippen LogP contribution in [0.25, 0.3) is 0 Å². The Balaban J connectivity index is 2.03. The lowest BCUT2D eigenvalue weighted by atomic mass is 10.0. The minimum absolute atomic E-state index is 0.0554. The van der Waals surface area contributed by atoms with Crippen molar-refractivity contribution in [3.8, 4) is 0 Å². The zero-order valence-electron chi connectivity index (χ0n) is 16.5. The van der Waals surface area contributed by atoms with Crippen molar-refractivity contribution in [2.24, 2.45) is 0 Å². The summed E-state index contributed by atoms with van der Waals surface area (Å²) in [6.07, 6.45) is 1.16. The number of amides is 1. The quantitative estimate of drug-likeness (QED) is 0.762. The van der Waals surface area contributed by atoms with E-state index in [2.05, 4.69) is 0 Å². The predicted molar refractivity (Wildman–Crippen MR) is 98.0 cm³/mol. The molecule has 0 aromatic heterocycles. The molecule has 1 aromatic carbocycles. The average molecular weight is 363 g/mol. The van der Waals surface area contributed by atoms with Crippen molar-refractivity contribution < 1.29 is 23.8 Å². The average Bonchev–Trinajstić information content (AvgIpc) is 2.85. The summed E-state index contributed by atoms with van der Waals surface area (Å²) in [5.41, 5.74) is 0.370. The van der Waals surface area contributed by atoms with Crippen molar-refractivity contribution in [1.82, 2.24) is 4.90 Å². The molecule has 1 aromatic rings. The number of carbonyl (C=O) groups is 2. The molecule has 1 amide bonds. The van der Waals surface area contributed by atoms with Gasteiger partial charge in [0.1, 0.15) is 11.3 Å². The molecule has 2 rings (SSSR count). The predicted octanol–water partition coefficient (Wildman–Crippen LogP) is 3.78. The Labute approximate surface area is 155 Å². The molecule has 0 bridgehead atoms. The van der Waals surface area contributed by atoms with Gasteiger partial charge in [-0.05, 0) is 65.2 Å². The van der Waals surface area contributed by atoms with Gasteiger partial charge < -0.3 is 14.2 Å². The smallest absolute Gasteiger partial charge is 0.412 e. The van der Waals surface area contributed by atoms with Gasteiger partial charge in [-0.2, -0.15) is 0 Å². The molecule has 1 atom stereocenters. The molecule has 0 N–H and O–H groups in total. The van der Waals surface area contributed by atoms with Crippen molar-refractivity contribution >= 4 is 12.1 Å². The number of ether oxygens (including phenoxy) is 3. The zero-order chi connectivity index (χ0) is 19.5. The molecule has 1 saturated heterocycles. The van der Waals surface area contributed by atoms with Gasteiger partial charge in [-0.15, -0.1) is 0 Å². The van der Waals surface area contributed by atoms with Crippen LogP contribution in [0.1, 0.15) is 57.0 Å². The number of nitrogens with zero attached hydrogens (tertiary/aromatic N) is 1. The topological polar surface area (TPSA) is 65.1 Å². The summed E-state index contributed by atoms with van der Waals surface area (Å²) in [7, 11) is 1.36. The number of hydrogen-bond donors (Lipinski definition) is 0. The number of carbonyl (C=O) groups excluding carboxylic acids is 2. The molecule has 26 heavy (non-hydrogen) atoms. The van der Waals surface area contributed by atoms with Crippen molar-refractivity contribution in [3.63, 3.8) is 0 Å². The third-order valence-corrected chi connectivity index (χ3v) is 4.31. The fraction of sp³-hybridized carbons (Fsp3) is 0.600. The maximum atomic E-state index is 12.6. The van der Waals surface area contributed by atoms with Gasteiger partial charge in [0, 0.05) is 0 Å². The van der Waals surface area contributed by atoms with Crippen LogP contribution in [0, 0.1) is 0 Å². The first-order valence-electron chi connectivity index (χ1n) is 8.87. The summed E-state index contributed by atoms with van der Waals surface area (Å²) in [5, 5.41) is 0. The van der Waals surface area contributed by atoms with Crippen molar-refractivity contribution in [2.45, 2.75) is 64.8 Å². The first kappa shape index (κ1) is 20.2. The van der Waals surface area contributed by atoms with Gasteiger partial charge in [-0.25, -0.2) is 9.59 Å². The number of hydrogen-bond acceptors (Lipinski definition) is 5. The first-order chi connectivity index (χ1) is 12.0. The first-order valence-corrected chi connectivity index (χ1v) is 8.87. The Bertz CT molecular complexity index is 645. The van der Waals surface area contributed by atoms with Crippen LogP contribution in [0.2, 0.25) is 0 Å². The molecule has 6 nitrogen and oxygen atoms in total. The van der Waals surface area contributed by atoms with Crippen LogP contribution >= 0.6 is 0 Å². The monoisotopic (exact) mass is 363 g/mol. The molecular weight excluding hydrogens is 334 g/mol. The highest BCUT2D eigenvalue weighted by Gasteiger charge is 2.45. The third kappa shape index (κ3) is 4.97. The lowest BCUT2D eigenvalue weighted by Gasteiger charge is -2.35.